The Morgan fingerprint density at radius 3 is 2.40 bits per heavy atom. The molecule has 134 valence electrons. The largest absolute Gasteiger partial charge is 0.495 e. The van der Waals surface area contributed by atoms with Crippen LogP contribution in [0.25, 0.3) is 0 Å². The van der Waals surface area contributed by atoms with Gasteiger partial charge in [0.1, 0.15) is 12.3 Å². The molecule has 0 saturated heterocycles. The van der Waals surface area contributed by atoms with Crippen LogP contribution in [0.1, 0.15) is 5.56 Å². The highest BCUT2D eigenvalue weighted by atomic mass is 35.5. The molecule has 8 heteroatoms. The second kappa shape index (κ2) is 7.76. The minimum absolute atomic E-state index is 0.316. The number of benzene rings is 2. The molecule has 0 aromatic heterocycles. The second-order valence-electron chi connectivity index (χ2n) is 5.50. The van der Waals surface area contributed by atoms with Crippen molar-refractivity contribution >= 4 is 38.9 Å². The molecule has 0 atom stereocenters. The van der Waals surface area contributed by atoms with Gasteiger partial charge in [0, 0.05) is 10.7 Å². The quantitative estimate of drug-likeness (QED) is 0.833. The molecule has 0 unspecified atom stereocenters. The normalized spacial score (nSPS) is 11.0. The first-order valence-corrected chi connectivity index (χ1v) is 9.61. The fraction of sp³-hybridized carbons (Fsp3) is 0.235. The van der Waals surface area contributed by atoms with Gasteiger partial charge in [-0.3, -0.25) is 9.10 Å². The number of halogens is 1. The Morgan fingerprint density at radius 2 is 1.84 bits per heavy atom. The maximum atomic E-state index is 12.3. The van der Waals surface area contributed by atoms with Crippen LogP contribution in [0.5, 0.6) is 5.75 Å². The summed E-state index contributed by atoms with van der Waals surface area (Å²) in [5.41, 5.74) is 1.69. The average molecular weight is 383 g/mol. The van der Waals surface area contributed by atoms with Crippen molar-refractivity contribution in [1.82, 2.24) is 0 Å². The van der Waals surface area contributed by atoms with E-state index in [4.69, 9.17) is 16.3 Å². The molecule has 0 spiro atoms. The molecule has 6 nitrogen and oxygen atoms in total. The Labute approximate surface area is 152 Å². The van der Waals surface area contributed by atoms with Gasteiger partial charge in [-0.2, -0.15) is 0 Å². The highest BCUT2D eigenvalue weighted by Crippen LogP contribution is 2.31. The number of methoxy groups -OCH3 is 1. The van der Waals surface area contributed by atoms with Crippen LogP contribution in [0, 0.1) is 6.92 Å². The molecule has 0 fully saturated rings. The Kier molecular flexibility index (Phi) is 5.92. The van der Waals surface area contributed by atoms with Crippen molar-refractivity contribution in [3.05, 3.63) is 53.1 Å². The monoisotopic (exact) mass is 382 g/mol. The van der Waals surface area contributed by atoms with E-state index < -0.39 is 15.9 Å². The summed E-state index contributed by atoms with van der Waals surface area (Å²) < 4.78 is 30.7. The molecule has 0 aliphatic heterocycles. The molecule has 2 aromatic rings. The van der Waals surface area contributed by atoms with Crippen molar-refractivity contribution in [3.8, 4) is 5.75 Å². The molecule has 1 amide bonds. The number of rotatable bonds is 6. The van der Waals surface area contributed by atoms with Crippen LogP contribution in [0.2, 0.25) is 5.02 Å². The van der Waals surface area contributed by atoms with Gasteiger partial charge in [-0.15, -0.1) is 0 Å². The molecular weight excluding hydrogens is 364 g/mol. The zero-order valence-electron chi connectivity index (χ0n) is 14.1. The first-order valence-electron chi connectivity index (χ1n) is 7.38. The smallest absolute Gasteiger partial charge is 0.245 e. The number of hydrogen-bond donors (Lipinski definition) is 1. The third-order valence-electron chi connectivity index (χ3n) is 3.42. The van der Waals surface area contributed by atoms with Gasteiger partial charge in [-0.05, 0) is 48.9 Å². The van der Waals surface area contributed by atoms with Crippen LogP contribution < -0.4 is 14.4 Å². The second-order valence-corrected chi connectivity index (χ2v) is 7.84. The highest BCUT2D eigenvalue weighted by Gasteiger charge is 2.24. The lowest BCUT2D eigenvalue weighted by molar-refractivity contribution is -0.114. The number of hydrogen-bond acceptors (Lipinski definition) is 4. The van der Waals surface area contributed by atoms with E-state index in [1.807, 2.05) is 6.92 Å². The van der Waals surface area contributed by atoms with Gasteiger partial charge in [-0.25, -0.2) is 8.42 Å². The number of anilines is 2. The van der Waals surface area contributed by atoms with Crippen LogP contribution in [0.3, 0.4) is 0 Å². The van der Waals surface area contributed by atoms with Crippen molar-refractivity contribution in [2.45, 2.75) is 6.92 Å². The van der Waals surface area contributed by atoms with E-state index in [1.165, 1.54) is 7.11 Å². The van der Waals surface area contributed by atoms with E-state index in [2.05, 4.69) is 5.32 Å². The van der Waals surface area contributed by atoms with Crippen LogP contribution in [-0.2, 0) is 14.8 Å². The minimum atomic E-state index is -3.69. The van der Waals surface area contributed by atoms with Gasteiger partial charge in [0.05, 0.1) is 19.1 Å². The van der Waals surface area contributed by atoms with Crippen molar-refractivity contribution in [2.24, 2.45) is 0 Å². The molecule has 1 N–H and O–H groups in total. The number of carbonyl (C=O) groups excluding carboxylic acids is 1. The number of sulfonamides is 1. The lowest BCUT2D eigenvalue weighted by Crippen LogP contribution is -2.37. The van der Waals surface area contributed by atoms with E-state index in [1.54, 1.807) is 42.5 Å². The lowest BCUT2D eigenvalue weighted by Gasteiger charge is -2.24. The predicted molar refractivity (Wildman–Crippen MR) is 100 cm³/mol. The predicted octanol–water partition coefficient (Wildman–Crippen LogP) is 3.06. The molecule has 25 heavy (non-hydrogen) atoms. The molecule has 0 bridgehead atoms. The van der Waals surface area contributed by atoms with Crippen LogP contribution in [-0.4, -0.2) is 34.2 Å². The maximum Gasteiger partial charge on any atom is 0.245 e. The third-order valence-corrected chi connectivity index (χ3v) is 4.80. The lowest BCUT2D eigenvalue weighted by atomic mass is 10.2. The van der Waals surface area contributed by atoms with Gasteiger partial charge < -0.3 is 10.1 Å². The molecule has 0 radical (unpaired) electrons. The summed E-state index contributed by atoms with van der Waals surface area (Å²) >= 11 is 5.81. The first kappa shape index (κ1) is 19.1. The minimum Gasteiger partial charge on any atom is -0.495 e. The van der Waals surface area contributed by atoms with Crippen molar-refractivity contribution in [3.63, 3.8) is 0 Å². The van der Waals surface area contributed by atoms with E-state index in [9.17, 15) is 13.2 Å². The van der Waals surface area contributed by atoms with Gasteiger partial charge in [0.2, 0.25) is 15.9 Å². The number of aryl methyl sites for hydroxylation is 1. The molecule has 2 rings (SSSR count). The molecule has 0 saturated carbocycles. The summed E-state index contributed by atoms with van der Waals surface area (Å²) in [4.78, 5) is 12.3. The summed E-state index contributed by atoms with van der Waals surface area (Å²) in [7, 11) is -2.24. The maximum absolute atomic E-state index is 12.3. The van der Waals surface area contributed by atoms with Gasteiger partial charge in [0.25, 0.3) is 0 Å². The van der Waals surface area contributed by atoms with Gasteiger partial charge >= 0.3 is 0 Å². The topological polar surface area (TPSA) is 75.7 Å². The zero-order chi connectivity index (χ0) is 18.6. The molecule has 0 aliphatic carbocycles. The van der Waals surface area contributed by atoms with Gasteiger partial charge in [0.15, 0.2) is 0 Å². The summed E-state index contributed by atoms with van der Waals surface area (Å²) in [6.45, 7) is 1.46. The first-order chi connectivity index (χ1) is 11.7. The Morgan fingerprint density at radius 1 is 1.20 bits per heavy atom. The van der Waals surface area contributed by atoms with Crippen molar-refractivity contribution < 1.29 is 17.9 Å². The van der Waals surface area contributed by atoms with E-state index in [0.29, 0.717) is 22.1 Å². The number of carbonyl (C=O) groups is 1. The van der Waals surface area contributed by atoms with Crippen molar-refractivity contribution in [1.29, 1.82) is 0 Å². The number of ether oxygens (including phenoxy) is 1. The molecule has 0 aliphatic rings. The zero-order valence-corrected chi connectivity index (χ0v) is 15.7. The number of amides is 1. The van der Waals surface area contributed by atoms with Crippen LogP contribution in [0.4, 0.5) is 11.4 Å². The fourth-order valence-corrected chi connectivity index (χ4v) is 3.22. The Bertz CT molecular complexity index is 867. The van der Waals surface area contributed by atoms with Gasteiger partial charge in [-0.1, -0.05) is 17.7 Å². The summed E-state index contributed by atoms with van der Waals surface area (Å²) in [5.74, 6) is -0.105. The number of nitrogens with one attached hydrogen (secondary N) is 1. The Hall–Kier alpha value is -2.25. The molecule has 2 aromatic carbocycles. The average Bonchev–Trinajstić information content (AvgIpc) is 2.54. The summed E-state index contributed by atoms with van der Waals surface area (Å²) in [5, 5.41) is 3.19. The van der Waals surface area contributed by atoms with Crippen LogP contribution in [0.15, 0.2) is 42.5 Å². The third kappa shape index (κ3) is 5.11. The standard InChI is InChI=1S/C17H19ClN2O4S/c1-12-4-9-16(24-2)15(10-12)20(25(3,22)23)11-17(21)19-14-7-5-13(18)6-8-14/h4-10H,11H2,1-3H3,(H,19,21). The summed E-state index contributed by atoms with van der Waals surface area (Å²) in [6, 6.07) is 11.7. The Balaban J connectivity index is 2.29. The van der Waals surface area contributed by atoms with Crippen LogP contribution >= 0.6 is 11.6 Å². The van der Waals surface area contributed by atoms with Crippen molar-refractivity contribution in [2.75, 3.05) is 29.5 Å². The van der Waals surface area contributed by atoms with E-state index in [0.717, 1.165) is 16.1 Å². The SMILES string of the molecule is COc1ccc(C)cc1N(CC(=O)Nc1ccc(Cl)cc1)S(C)(=O)=O. The van der Waals surface area contributed by atoms with E-state index >= 15 is 0 Å². The summed E-state index contributed by atoms with van der Waals surface area (Å²) in [6.07, 6.45) is 1.05. The number of nitrogens with zero attached hydrogens (tertiary/aromatic N) is 1. The van der Waals surface area contributed by atoms with E-state index in [-0.39, 0.29) is 6.54 Å². The highest BCUT2D eigenvalue weighted by molar-refractivity contribution is 7.92. The molecular formula is C17H19ClN2O4S. The molecule has 0 heterocycles. The fourth-order valence-electron chi connectivity index (χ4n) is 2.24.